The van der Waals surface area contributed by atoms with Gasteiger partial charge in [0.25, 0.3) is 0 Å². The molecule has 2 rings (SSSR count). The number of nitrogens with zero attached hydrogens (tertiary/aromatic N) is 2. The zero-order valence-corrected chi connectivity index (χ0v) is 13.4. The van der Waals surface area contributed by atoms with Crippen LogP contribution in [0.4, 0.5) is 0 Å². The highest BCUT2D eigenvalue weighted by Gasteiger charge is 2.28. The summed E-state index contributed by atoms with van der Waals surface area (Å²) >= 11 is 0. The number of hydrogen-bond acceptors (Lipinski definition) is 4. The number of carboxylic acid groups (broad SMARTS) is 1. The van der Waals surface area contributed by atoms with Crippen LogP contribution in [0.3, 0.4) is 0 Å². The summed E-state index contributed by atoms with van der Waals surface area (Å²) in [5.41, 5.74) is 0. The SMILES string of the molecule is O=C(O)CCN1CCN(S(=O)(=O)CCC2CCCC2)CC1. The van der Waals surface area contributed by atoms with E-state index >= 15 is 0 Å². The maximum Gasteiger partial charge on any atom is 0.304 e. The van der Waals surface area contributed by atoms with Gasteiger partial charge in [0.2, 0.25) is 10.0 Å². The van der Waals surface area contributed by atoms with Gasteiger partial charge in [-0.2, -0.15) is 4.31 Å². The summed E-state index contributed by atoms with van der Waals surface area (Å²) in [5.74, 6) is 0.0607. The number of carboxylic acids is 1. The van der Waals surface area contributed by atoms with Crippen molar-refractivity contribution in [3.05, 3.63) is 0 Å². The topological polar surface area (TPSA) is 77.9 Å². The van der Waals surface area contributed by atoms with Gasteiger partial charge in [0.15, 0.2) is 0 Å². The van der Waals surface area contributed by atoms with Crippen LogP contribution in [-0.2, 0) is 14.8 Å². The third-order valence-electron chi connectivity index (χ3n) is 4.63. The minimum atomic E-state index is -3.14. The van der Waals surface area contributed by atoms with E-state index in [-0.39, 0.29) is 12.2 Å². The molecule has 1 heterocycles. The molecule has 0 atom stereocenters. The molecule has 6 nitrogen and oxygen atoms in total. The molecule has 1 aliphatic heterocycles. The molecule has 1 N–H and O–H groups in total. The Morgan fingerprint density at radius 2 is 1.71 bits per heavy atom. The van der Waals surface area contributed by atoms with Crippen molar-refractivity contribution in [2.45, 2.75) is 38.5 Å². The molecule has 0 unspecified atom stereocenters. The normalized spacial score (nSPS) is 22.7. The lowest BCUT2D eigenvalue weighted by Crippen LogP contribution is -2.49. The summed E-state index contributed by atoms with van der Waals surface area (Å²) in [5, 5.41) is 8.67. The average molecular weight is 318 g/mol. The molecule has 21 heavy (non-hydrogen) atoms. The summed E-state index contributed by atoms with van der Waals surface area (Å²) in [6.07, 6.45) is 5.76. The molecule has 0 amide bonds. The molecule has 7 heteroatoms. The molecule has 0 aromatic heterocycles. The molecule has 1 aliphatic carbocycles. The molecule has 0 aromatic carbocycles. The van der Waals surface area contributed by atoms with E-state index in [1.165, 1.54) is 25.7 Å². The summed E-state index contributed by atoms with van der Waals surface area (Å²) in [6, 6.07) is 0. The van der Waals surface area contributed by atoms with Gasteiger partial charge >= 0.3 is 5.97 Å². The largest absolute Gasteiger partial charge is 0.481 e. The first-order valence-electron chi connectivity index (χ1n) is 7.89. The highest BCUT2D eigenvalue weighted by Crippen LogP contribution is 2.28. The zero-order chi connectivity index (χ0) is 15.3. The van der Waals surface area contributed by atoms with Crippen LogP contribution in [0.25, 0.3) is 0 Å². The Balaban J connectivity index is 1.73. The Bertz CT molecular complexity index is 438. The number of aliphatic carboxylic acids is 1. The number of piperazine rings is 1. The van der Waals surface area contributed by atoms with Crippen molar-refractivity contribution in [3.63, 3.8) is 0 Å². The fraction of sp³-hybridized carbons (Fsp3) is 0.929. The Morgan fingerprint density at radius 1 is 1.10 bits per heavy atom. The summed E-state index contributed by atoms with van der Waals surface area (Å²) < 4.78 is 26.2. The van der Waals surface area contributed by atoms with Gasteiger partial charge in [-0.1, -0.05) is 25.7 Å². The summed E-state index contributed by atoms with van der Waals surface area (Å²) in [6.45, 7) is 2.76. The lowest BCUT2D eigenvalue weighted by molar-refractivity contribution is -0.137. The van der Waals surface area contributed by atoms with Gasteiger partial charge in [-0.05, 0) is 12.3 Å². The van der Waals surface area contributed by atoms with Crippen LogP contribution in [0.15, 0.2) is 0 Å². The molecule has 1 saturated carbocycles. The maximum absolute atomic E-state index is 12.3. The van der Waals surface area contributed by atoms with Crippen molar-refractivity contribution >= 4 is 16.0 Å². The average Bonchev–Trinajstić information content (AvgIpc) is 2.97. The van der Waals surface area contributed by atoms with Gasteiger partial charge in [0, 0.05) is 32.7 Å². The molecule has 0 bridgehead atoms. The van der Waals surface area contributed by atoms with Crippen LogP contribution in [0.5, 0.6) is 0 Å². The Hall–Kier alpha value is -0.660. The highest BCUT2D eigenvalue weighted by atomic mass is 32.2. The quantitative estimate of drug-likeness (QED) is 0.757. The molecule has 2 fully saturated rings. The van der Waals surface area contributed by atoms with Crippen LogP contribution >= 0.6 is 0 Å². The van der Waals surface area contributed by atoms with Gasteiger partial charge in [0.1, 0.15) is 0 Å². The van der Waals surface area contributed by atoms with Gasteiger partial charge in [-0.25, -0.2) is 8.42 Å². The van der Waals surface area contributed by atoms with Gasteiger partial charge in [-0.15, -0.1) is 0 Å². The van der Waals surface area contributed by atoms with E-state index in [1.54, 1.807) is 4.31 Å². The van der Waals surface area contributed by atoms with Crippen LogP contribution in [0.1, 0.15) is 38.5 Å². The minimum absolute atomic E-state index is 0.119. The van der Waals surface area contributed by atoms with Gasteiger partial charge in [-0.3, -0.25) is 4.79 Å². The fourth-order valence-electron chi connectivity index (χ4n) is 3.23. The number of hydrogen-bond donors (Lipinski definition) is 1. The predicted octanol–water partition coefficient (Wildman–Crippen LogP) is 0.989. The second kappa shape index (κ2) is 7.56. The maximum atomic E-state index is 12.3. The predicted molar refractivity (Wildman–Crippen MR) is 80.6 cm³/mol. The second-order valence-corrected chi connectivity index (χ2v) is 8.23. The first-order valence-corrected chi connectivity index (χ1v) is 9.50. The van der Waals surface area contributed by atoms with Crippen molar-refractivity contribution in [3.8, 4) is 0 Å². The monoisotopic (exact) mass is 318 g/mol. The molecule has 2 aliphatic rings. The minimum Gasteiger partial charge on any atom is -0.481 e. The smallest absolute Gasteiger partial charge is 0.304 e. The molecular formula is C14H26N2O4S. The molecule has 0 radical (unpaired) electrons. The van der Waals surface area contributed by atoms with E-state index in [1.807, 2.05) is 4.90 Å². The van der Waals surface area contributed by atoms with E-state index in [0.717, 1.165) is 6.42 Å². The standard InChI is InChI=1S/C14H26N2O4S/c17-14(18)5-7-15-8-10-16(11-9-15)21(19,20)12-6-13-3-1-2-4-13/h13H,1-12H2,(H,17,18). The van der Waals surface area contributed by atoms with E-state index in [0.29, 0.717) is 38.6 Å². The van der Waals surface area contributed by atoms with Gasteiger partial charge < -0.3 is 10.0 Å². The molecular weight excluding hydrogens is 292 g/mol. The summed E-state index contributed by atoms with van der Waals surface area (Å²) in [4.78, 5) is 12.6. The number of rotatable bonds is 7. The molecule has 0 spiro atoms. The Morgan fingerprint density at radius 3 is 2.29 bits per heavy atom. The third kappa shape index (κ3) is 5.23. The van der Waals surface area contributed by atoms with Gasteiger partial charge in [0.05, 0.1) is 12.2 Å². The van der Waals surface area contributed by atoms with E-state index in [9.17, 15) is 13.2 Å². The van der Waals surface area contributed by atoms with E-state index in [4.69, 9.17) is 5.11 Å². The van der Waals surface area contributed by atoms with Crippen molar-refractivity contribution < 1.29 is 18.3 Å². The molecule has 0 aromatic rings. The van der Waals surface area contributed by atoms with Crippen molar-refractivity contribution in [1.29, 1.82) is 0 Å². The zero-order valence-electron chi connectivity index (χ0n) is 12.5. The number of sulfonamides is 1. The van der Waals surface area contributed by atoms with Crippen LogP contribution in [0, 0.1) is 5.92 Å². The van der Waals surface area contributed by atoms with E-state index in [2.05, 4.69) is 0 Å². The second-order valence-electron chi connectivity index (χ2n) is 6.14. The third-order valence-corrected chi connectivity index (χ3v) is 6.53. The highest BCUT2D eigenvalue weighted by molar-refractivity contribution is 7.89. The van der Waals surface area contributed by atoms with Crippen molar-refractivity contribution in [1.82, 2.24) is 9.21 Å². The van der Waals surface area contributed by atoms with Crippen LogP contribution < -0.4 is 0 Å². The Labute approximate surface area is 127 Å². The molecule has 1 saturated heterocycles. The lowest BCUT2D eigenvalue weighted by atomic mass is 10.1. The summed E-state index contributed by atoms with van der Waals surface area (Å²) in [7, 11) is -3.14. The first-order chi connectivity index (χ1) is 9.97. The fourth-order valence-corrected chi connectivity index (χ4v) is 4.84. The molecule has 122 valence electrons. The Kier molecular flexibility index (Phi) is 6.01. The number of carbonyl (C=O) groups is 1. The van der Waals surface area contributed by atoms with Crippen LogP contribution in [-0.4, -0.2) is 67.2 Å². The first kappa shape index (κ1) is 16.7. The van der Waals surface area contributed by atoms with Crippen LogP contribution in [0.2, 0.25) is 0 Å². The van der Waals surface area contributed by atoms with Crippen molar-refractivity contribution in [2.24, 2.45) is 5.92 Å². The van der Waals surface area contributed by atoms with E-state index < -0.39 is 16.0 Å². The van der Waals surface area contributed by atoms with Crippen molar-refractivity contribution in [2.75, 3.05) is 38.5 Å². The lowest BCUT2D eigenvalue weighted by Gasteiger charge is -2.33.